The van der Waals surface area contributed by atoms with Gasteiger partial charge in [-0.25, -0.2) is 17.7 Å². The molecule has 0 radical (unpaired) electrons. The summed E-state index contributed by atoms with van der Waals surface area (Å²) in [5.41, 5.74) is 8.91. The summed E-state index contributed by atoms with van der Waals surface area (Å²) in [7, 11) is -3.12. The summed E-state index contributed by atoms with van der Waals surface area (Å²) in [5, 5.41) is 5.76. The number of nitrogens with two attached hydrogens (primary N) is 1. The smallest absolute Gasteiger partial charge is 0.213 e. The number of aromatic nitrogens is 2. The van der Waals surface area contributed by atoms with Gasteiger partial charge in [-0.15, -0.1) is 0 Å². The molecule has 1 aliphatic rings. The van der Waals surface area contributed by atoms with Crippen LogP contribution in [0.4, 0.5) is 11.5 Å². The van der Waals surface area contributed by atoms with Gasteiger partial charge in [0.05, 0.1) is 5.75 Å². The molecule has 152 valence electrons. The van der Waals surface area contributed by atoms with Gasteiger partial charge in [0.2, 0.25) is 10.0 Å². The minimum Gasteiger partial charge on any atom is -0.384 e. The Kier molecular flexibility index (Phi) is 5.38. The molecule has 0 unspecified atom stereocenters. The van der Waals surface area contributed by atoms with Gasteiger partial charge in [-0.2, -0.15) is 0 Å². The maximum Gasteiger partial charge on any atom is 0.213 e. The zero-order chi connectivity index (χ0) is 20.4. The predicted molar refractivity (Wildman–Crippen MR) is 117 cm³/mol. The second-order valence-electron chi connectivity index (χ2n) is 7.31. The Morgan fingerprint density at radius 3 is 2.66 bits per heavy atom. The Labute approximate surface area is 171 Å². The van der Waals surface area contributed by atoms with E-state index in [9.17, 15) is 8.42 Å². The number of benzene rings is 1. The summed E-state index contributed by atoms with van der Waals surface area (Å²) in [5.74, 6) is 0.634. The monoisotopic (exact) mass is 411 g/mol. The highest BCUT2D eigenvalue weighted by Gasteiger charge is 2.26. The fourth-order valence-electron chi connectivity index (χ4n) is 3.79. The lowest BCUT2D eigenvalue weighted by atomic mass is 10.00. The van der Waals surface area contributed by atoms with Gasteiger partial charge in [0, 0.05) is 48.8 Å². The van der Waals surface area contributed by atoms with Crippen LogP contribution < -0.4 is 11.1 Å². The largest absolute Gasteiger partial charge is 0.384 e. The maximum absolute atomic E-state index is 12.1. The molecule has 2 aromatic heterocycles. The van der Waals surface area contributed by atoms with Crippen LogP contribution in [-0.2, 0) is 10.0 Å². The quantitative estimate of drug-likeness (QED) is 0.669. The topological polar surface area (TPSA) is 101 Å². The molecule has 0 bridgehead atoms. The minimum absolute atomic E-state index is 0.151. The first-order valence-corrected chi connectivity index (χ1v) is 11.4. The average Bonchev–Trinajstić information content (AvgIpc) is 2.74. The summed E-state index contributed by atoms with van der Waals surface area (Å²) in [4.78, 5) is 8.36. The number of hydrogen-bond donors (Lipinski definition) is 2. The number of nitrogens with zero attached hydrogens (tertiary/aromatic N) is 3. The van der Waals surface area contributed by atoms with Crippen molar-refractivity contribution in [3.8, 4) is 11.1 Å². The van der Waals surface area contributed by atoms with Crippen LogP contribution in [0.25, 0.3) is 21.9 Å². The van der Waals surface area contributed by atoms with Crippen molar-refractivity contribution in [1.29, 1.82) is 0 Å². The summed E-state index contributed by atoms with van der Waals surface area (Å²) in [6, 6.07) is 10.2. The minimum atomic E-state index is -3.12. The Balaban J connectivity index is 1.62. The summed E-state index contributed by atoms with van der Waals surface area (Å²) >= 11 is 0. The lowest BCUT2D eigenvalue weighted by Crippen LogP contribution is -2.42. The third kappa shape index (κ3) is 4.18. The molecular formula is C21H25N5O2S. The molecule has 3 N–H and O–H groups in total. The van der Waals surface area contributed by atoms with E-state index in [0.717, 1.165) is 40.4 Å². The third-order valence-electron chi connectivity index (χ3n) is 5.44. The zero-order valence-electron chi connectivity index (χ0n) is 16.4. The van der Waals surface area contributed by atoms with Gasteiger partial charge < -0.3 is 11.1 Å². The van der Waals surface area contributed by atoms with E-state index in [1.165, 1.54) is 0 Å². The second-order valence-corrected chi connectivity index (χ2v) is 9.57. The molecule has 29 heavy (non-hydrogen) atoms. The summed E-state index contributed by atoms with van der Waals surface area (Å²) in [6.07, 6.45) is 6.89. The number of piperidine rings is 1. The van der Waals surface area contributed by atoms with E-state index in [0.29, 0.717) is 18.9 Å². The van der Waals surface area contributed by atoms with Crippen molar-refractivity contribution >= 4 is 32.3 Å². The molecule has 0 saturated carbocycles. The lowest BCUT2D eigenvalue weighted by molar-refractivity contribution is 0.330. The van der Waals surface area contributed by atoms with E-state index in [2.05, 4.69) is 27.4 Å². The molecule has 3 heterocycles. The van der Waals surface area contributed by atoms with Crippen LogP contribution in [0.15, 0.2) is 48.9 Å². The van der Waals surface area contributed by atoms with E-state index < -0.39 is 10.0 Å². The fraction of sp³-hybridized carbons (Fsp3) is 0.333. The molecule has 3 aromatic rings. The van der Waals surface area contributed by atoms with Crippen LogP contribution in [0.5, 0.6) is 0 Å². The van der Waals surface area contributed by atoms with Gasteiger partial charge in [-0.3, -0.25) is 4.98 Å². The van der Waals surface area contributed by atoms with Crippen molar-refractivity contribution in [3.05, 3.63) is 48.9 Å². The second kappa shape index (κ2) is 7.96. The van der Waals surface area contributed by atoms with Crippen LogP contribution in [-0.4, -0.2) is 47.6 Å². The van der Waals surface area contributed by atoms with E-state index in [-0.39, 0.29) is 11.8 Å². The van der Waals surface area contributed by atoms with Crippen molar-refractivity contribution in [2.45, 2.75) is 25.8 Å². The van der Waals surface area contributed by atoms with Crippen LogP contribution in [0, 0.1) is 0 Å². The van der Waals surface area contributed by atoms with E-state index in [1.807, 2.05) is 24.4 Å². The van der Waals surface area contributed by atoms with E-state index in [1.54, 1.807) is 23.6 Å². The number of anilines is 2. The van der Waals surface area contributed by atoms with Crippen molar-refractivity contribution in [1.82, 2.24) is 14.3 Å². The first-order valence-electron chi connectivity index (χ1n) is 9.80. The molecule has 1 saturated heterocycles. The van der Waals surface area contributed by atoms with Crippen molar-refractivity contribution < 1.29 is 8.42 Å². The van der Waals surface area contributed by atoms with E-state index >= 15 is 0 Å². The van der Waals surface area contributed by atoms with Crippen LogP contribution >= 0.6 is 0 Å². The fourth-order valence-corrected chi connectivity index (χ4v) is 4.93. The Bertz CT molecular complexity index is 1120. The molecule has 4 rings (SSSR count). The van der Waals surface area contributed by atoms with Gasteiger partial charge in [-0.1, -0.05) is 0 Å². The number of pyridine rings is 2. The molecule has 0 atom stereocenters. The van der Waals surface area contributed by atoms with Crippen LogP contribution in [0.1, 0.15) is 19.8 Å². The summed E-state index contributed by atoms with van der Waals surface area (Å²) < 4.78 is 25.8. The van der Waals surface area contributed by atoms with Gasteiger partial charge in [0.25, 0.3) is 0 Å². The van der Waals surface area contributed by atoms with Gasteiger partial charge in [0.15, 0.2) is 0 Å². The van der Waals surface area contributed by atoms with Crippen molar-refractivity contribution in [2.75, 3.05) is 29.9 Å². The first-order chi connectivity index (χ1) is 14.0. The Morgan fingerprint density at radius 1 is 1.14 bits per heavy atom. The number of rotatable bonds is 5. The third-order valence-corrected chi connectivity index (χ3v) is 7.32. The van der Waals surface area contributed by atoms with Gasteiger partial charge >= 0.3 is 0 Å². The molecule has 1 aromatic carbocycles. The number of sulfonamides is 1. The van der Waals surface area contributed by atoms with Crippen molar-refractivity contribution in [3.63, 3.8) is 0 Å². The molecule has 1 fully saturated rings. The standard InChI is InChI=1S/C21H25N5O2S/c1-2-29(27,28)26-9-5-18(6-10-26)25-20-12-17(15-4-8-24-21(22)13-15)11-16-3-7-23-14-19(16)20/h3-4,7-8,11-14,18,25H,2,5-6,9-10H2,1H3,(H2,22,24). The molecule has 0 spiro atoms. The number of nitrogens with one attached hydrogen (secondary N) is 1. The maximum atomic E-state index is 12.1. The number of fused-ring (bicyclic) bond motifs is 1. The SMILES string of the molecule is CCS(=O)(=O)N1CCC(Nc2cc(-c3ccnc(N)c3)cc3ccncc23)CC1. The lowest BCUT2D eigenvalue weighted by Gasteiger charge is -2.32. The van der Waals surface area contributed by atoms with Crippen LogP contribution in [0.3, 0.4) is 0 Å². The average molecular weight is 412 g/mol. The highest BCUT2D eigenvalue weighted by atomic mass is 32.2. The van der Waals surface area contributed by atoms with E-state index in [4.69, 9.17) is 5.73 Å². The Hall–Kier alpha value is -2.71. The molecule has 1 aliphatic heterocycles. The molecular weight excluding hydrogens is 386 g/mol. The molecule has 0 amide bonds. The Morgan fingerprint density at radius 2 is 1.93 bits per heavy atom. The summed E-state index contributed by atoms with van der Waals surface area (Å²) in [6.45, 7) is 2.78. The van der Waals surface area contributed by atoms with Gasteiger partial charge in [0.1, 0.15) is 5.82 Å². The molecule has 0 aliphatic carbocycles. The van der Waals surface area contributed by atoms with Crippen molar-refractivity contribution in [2.24, 2.45) is 0 Å². The molecule has 7 nitrogen and oxygen atoms in total. The predicted octanol–water partition coefficient (Wildman–Crippen LogP) is 3.11. The molecule has 8 heteroatoms. The number of nitrogen functional groups attached to an aromatic ring is 1. The normalized spacial score (nSPS) is 16.2. The highest BCUT2D eigenvalue weighted by Crippen LogP contribution is 2.32. The number of hydrogen-bond acceptors (Lipinski definition) is 6. The van der Waals surface area contributed by atoms with Gasteiger partial charge in [-0.05, 0) is 66.6 Å². The van der Waals surface area contributed by atoms with Crippen LogP contribution in [0.2, 0.25) is 0 Å². The zero-order valence-corrected chi connectivity index (χ0v) is 17.2. The first kappa shape index (κ1) is 19.6. The highest BCUT2D eigenvalue weighted by molar-refractivity contribution is 7.89.